The van der Waals surface area contributed by atoms with Crippen molar-refractivity contribution in [3.63, 3.8) is 0 Å². The molecule has 5 N–H and O–H groups in total. The molecule has 0 fully saturated rings. The summed E-state index contributed by atoms with van der Waals surface area (Å²) in [5, 5.41) is 2.84. The topological polar surface area (TPSA) is 98.2 Å². The van der Waals surface area contributed by atoms with Gasteiger partial charge in [-0.05, 0) is 52.1 Å². The number of amides is 1. The van der Waals surface area contributed by atoms with Crippen molar-refractivity contribution in [3.05, 3.63) is 0 Å². The van der Waals surface area contributed by atoms with E-state index in [0.717, 1.165) is 32.1 Å². The zero-order valence-electron chi connectivity index (χ0n) is 12.3. The van der Waals surface area contributed by atoms with Gasteiger partial charge >= 0.3 is 0 Å². The number of ketones is 1. The molecule has 0 aliphatic carbocycles. The quantitative estimate of drug-likeness (QED) is 0.487. The van der Waals surface area contributed by atoms with Gasteiger partial charge in [-0.2, -0.15) is 0 Å². The summed E-state index contributed by atoms with van der Waals surface area (Å²) in [4.78, 5) is 23.5. The Bertz CT molecular complexity index is 269. The van der Waals surface area contributed by atoms with Crippen molar-refractivity contribution >= 4 is 11.7 Å². The van der Waals surface area contributed by atoms with Crippen molar-refractivity contribution in [2.75, 3.05) is 13.1 Å². The Morgan fingerprint density at radius 2 is 1.53 bits per heavy atom. The lowest BCUT2D eigenvalue weighted by Gasteiger charge is -2.19. The highest BCUT2D eigenvalue weighted by atomic mass is 16.2. The van der Waals surface area contributed by atoms with Crippen LogP contribution in [-0.4, -0.2) is 30.8 Å². The minimum absolute atomic E-state index is 0.0135. The summed E-state index contributed by atoms with van der Waals surface area (Å²) >= 11 is 0. The van der Waals surface area contributed by atoms with E-state index in [2.05, 4.69) is 5.32 Å². The molecule has 0 aromatic carbocycles. The molecule has 0 heterocycles. The van der Waals surface area contributed by atoms with Crippen molar-refractivity contribution in [1.82, 2.24) is 5.32 Å². The maximum absolute atomic E-state index is 12.0. The van der Waals surface area contributed by atoms with E-state index in [0.29, 0.717) is 19.5 Å². The average Bonchev–Trinajstić information content (AvgIpc) is 2.37. The SMILES string of the molecule is CC(=O)[C@H](CCCCN)NC(=O)[C@@H](C)CCCCN. The van der Waals surface area contributed by atoms with E-state index in [1.807, 2.05) is 6.92 Å². The molecule has 112 valence electrons. The van der Waals surface area contributed by atoms with E-state index in [1.54, 1.807) is 0 Å². The van der Waals surface area contributed by atoms with Crippen LogP contribution in [0.25, 0.3) is 0 Å². The molecule has 1 amide bonds. The van der Waals surface area contributed by atoms with Gasteiger partial charge in [0.05, 0.1) is 6.04 Å². The minimum atomic E-state index is -0.365. The summed E-state index contributed by atoms with van der Waals surface area (Å²) in [5.74, 6) is -0.0904. The smallest absolute Gasteiger partial charge is 0.223 e. The number of hydrogen-bond acceptors (Lipinski definition) is 4. The van der Waals surface area contributed by atoms with Crippen LogP contribution in [0.4, 0.5) is 0 Å². The molecule has 0 spiro atoms. The lowest BCUT2D eigenvalue weighted by molar-refractivity contribution is -0.129. The van der Waals surface area contributed by atoms with Gasteiger partial charge in [0.1, 0.15) is 0 Å². The molecular weight excluding hydrogens is 242 g/mol. The molecule has 0 aliphatic rings. The van der Waals surface area contributed by atoms with Gasteiger partial charge in [0.25, 0.3) is 0 Å². The first kappa shape index (κ1) is 18.1. The Morgan fingerprint density at radius 1 is 1.00 bits per heavy atom. The average molecular weight is 271 g/mol. The molecule has 0 saturated carbocycles. The number of carbonyl (C=O) groups is 2. The van der Waals surface area contributed by atoms with Crippen molar-refractivity contribution in [3.8, 4) is 0 Å². The number of Topliss-reactive ketones (excluding diaryl/α,β-unsaturated/α-hetero) is 1. The Labute approximate surface area is 116 Å². The molecule has 0 unspecified atom stereocenters. The molecule has 2 atom stereocenters. The monoisotopic (exact) mass is 271 g/mol. The zero-order chi connectivity index (χ0) is 14.7. The summed E-state index contributed by atoms with van der Waals surface area (Å²) in [6, 6.07) is -0.365. The summed E-state index contributed by atoms with van der Waals surface area (Å²) < 4.78 is 0. The van der Waals surface area contributed by atoms with E-state index in [-0.39, 0.29) is 23.7 Å². The lowest BCUT2D eigenvalue weighted by atomic mass is 10.0. The fourth-order valence-electron chi connectivity index (χ4n) is 1.91. The molecule has 5 nitrogen and oxygen atoms in total. The third-order valence-corrected chi connectivity index (χ3v) is 3.29. The van der Waals surface area contributed by atoms with Gasteiger partial charge in [0.15, 0.2) is 5.78 Å². The Morgan fingerprint density at radius 3 is 2.00 bits per heavy atom. The molecular formula is C14H29N3O2. The van der Waals surface area contributed by atoms with Crippen molar-refractivity contribution in [2.24, 2.45) is 17.4 Å². The number of nitrogens with two attached hydrogens (primary N) is 2. The van der Waals surface area contributed by atoms with Crippen LogP contribution < -0.4 is 16.8 Å². The first-order valence-electron chi connectivity index (χ1n) is 7.23. The van der Waals surface area contributed by atoms with Gasteiger partial charge in [-0.15, -0.1) is 0 Å². The highest BCUT2D eigenvalue weighted by molar-refractivity contribution is 5.88. The van der Waals surface area contributed by atoms with Crippen LogP contribution in [0.5, 0.6) is 0 Å². The first-order chi connectivity index (χ1) is 9.02. The van der Waals surface area contributed by atoms with E-state index in [4.69, 9.17) is 11.5 Å². The number of rotatable bonds is 11. The highest BCUT2D eigenvalue weighted by Crippen LogP contribution is 2.09. The third-order valence-electron chi connectivity index (χ3n) is 3.29. The highest BCUT2D eigenvalue weighted by Gasteiger charge is 2.20. The van der Waals surface area contributed by atoms with E-state index in [1.165, 1.54) is 6.92 Å². The summed E-state index contributed by atoms with van der Waals surface area (Å²) in [6.07, 6.45) is 5.12. The summed E-state index contributed by atoms with van der Waals surface area (Å²) in [5.41, 5.74) is 10.8. The van der Waals surface area contributed by atoms with Crippen LogP contribution in [0.15, 0.2) is 0 Å². The molecule has 0 saturated heterocycles. The van der Waals surface area contributed by atoms with Crippen LogP contribution in [0.2, 0.25) is 0 Å². The van der Waals surface area contributed by atoms with E-state index >= 15 is 0 Å². The molecule has 0 aliphatic heterocycles. The van der Waals surface area contributed by atoms with Crippen molar-refractivity contribution < 1.29 is 9.59 Å². The molecule has 0 radical (unpaired) electrons. The third kappa shape index (κ3) is 8.72. The second-order valence-electron chi connectivity index (χ2n) is 5.14. The van der Waals surface area contributed by atoms with Crippen LogP contribution in [0.1, 0.15) is 52.4 Å². The predicted molar refractivity (Wildman–Crippen MR) is 77.6 cm³/mol. The Hall–Kier alpha value is -0.940. The number of nitrogens with one attached hydrogen (secondary N) is 1. The molecule has 0 aromatic rings. The summed E-state index contributed by atoms with van der Waals surface area (Å²) in [7, 11) is 0. The van der Waals surface area contributed by atoms with Gasteiger partial charge in [-0.1, -0.05) is 13.3 Å². The molecule has 0 bridgehead atoms. The molecule has 0 aromatic heterocycles. The van der Waals surface area contributed by atoms with Gasteiger partial charge in [0, 0.05) is 5.92 Å². The van der Waals surface area contributed by atoms with Crippen molar-refractivity contribution in [1.29, 1.82) is 0 Å². The molecule has 0 rings (SSSR count). The lowest BCUT2D eigenvalue weighted by Crippen LogP contribution is -2.42. The number of hydrogen-bond donors (Lipinski definition) is 3. The van der Waals surface area contributed by atoms with Crippen molar-refractivity contribution in [2.45, 2.75) is 58.4 Å². The van der Waals surface area contributed by atoms with Gasteiger partial charge in [-0.25, -0.2) is 0 Å². The van der Waals surface area contributed by atoms with Gasteiger partial charge in [0.2, 0.25) is 5.91 Å². The number of carbonyl (C=O) groups excluding carboxylic acids is 2. The Balaban J connectivity index is 4.11. The largest absolute Gasteiger partial charge is 0.346 e. The van der Waals surface area contributed by atoms with Crippen LogP contribution in [0.3, 0.4) is 0 Å². The van der Waals surface area contributed by atoms with Crippen LogP contribution in [0, 0.1) is 5.92 Å². The second kappa shape index (κ2) is 10.9. The normalized spacial score (nSPS) is 13.9. The van der Waals surface area contributed by atoms with Gasteiger partial charge < -0.3 is 16.8 Å². The van der Waals surface area contributed by atoms with Crippen LogP contribution >= 0.6 is 0 Å². The predicted octanol–water partition coefficient (Wildman–Crippen LogP) is 0.954. The van der Waals surface area contributed by atoms with Gasteiger partial charge in [-0.3, -0.25) is 9.59 Å². The standard InChI is InChI=1S/C14H29N3O2/c1-11(7-3-5-9-15)14(19)17-13(12(2)18)8-4-6-10-16/h11,13H,3-10,15-16H2,1-2H3,(H,17,19)/t11-,13-/m0/s1. The molecule has 19 heavy (non-hydrogen) atoms. The van der Waals surface area contributed by atoms with E-state index < -0.39 is 0 Å². The zero-order valence-corrected chi connectivity index (χ0v) is 12.3. The van der Waals surface area contributed by atoms with Crippen LogP contribution in [-0.2, 0) is 9.59 Å². The fraction of sp³-hybridized carbons (Fsp3) is 0.857. The Kier molecular flexibility index (Phi) is 10.4. The van der Waals surface area contributed by atoms with E-state index in [9.17, 15) is 9.59 Å². The fourth-order valence-corrected chi connectivity index (χ4v) is 1.91. The maximum atomic E-state index is 12.0. The first-order valence-corrected chi connectivity index (χ1v) is 7.23. The summed E-state index contributed by atoms with van der Waals surface area (Å²) in [6.45, 7) is 4.69. The number of unbranched alkanes of at least 4 members (excludes halogenated alkanes) is 2. The maximum Gasteiger partial charge on any atom is 0.223 e. The second-order valence-corrected chi connectivity index (χ2v) is 5.14. The molecule has 5 heteroatoms. The minimum Gasteiger partial charge on any atom is -0.346 e.